The van der Waals surface area contributed by atoms with E-state index in [4.69, 9.17) is 0 Å². The van der Waals surface area contributed by atoms with Crippen molar-refractivity contribution >= 4 is 38.7 Å². The summed E-state index contributed by atoms with van der Waals surface area (Å²) in [6.07, 6.45) is 0. The highest BCUT2D eigenvalue weighted by atomic mass is 79.9. The zero-order chi connectivity index (χ0) is 14.3. The predicted molar refractivity (Wildman–Crippen MR) is 89.3 cm³/mol. The van der Waals surface area contributed by atoms with Crippen LogP contribution in [0.5, 0.6) is 0 Å². The molecule has 0 atom stereocenters. The molecule has 0 saturated heterocycles. The standard InChI is InChI=1S/C16H15BrN2S/c1-16(2,3)11-6-4-10(5-7-11)12-8-9-13(17)15-14(12)18-20-19-15/h4-9H,1-3H3. The van der Waals surface area contributed by atoms with Gasteiger partial charge in [0.05, 0.1) is 11.7 Å². The molecule has 0 amide bonds. The molecule has 0 aliphatic rings. The van der Waals surface area contributed by atoms with Crippen molar-refractivity contribution in [2.24, 2.45) is 0 Å². The summed E-state index contributed by atoms with van der Waals surface area (Å²) in [4.78, 5) is 0. The molecule has 1 aromatic heterocycles. The number of aromatic nitrogens is 2. The van der Waals surface area contributed by atoms with Gasteiger partial charge < -0.3 is 0 Å². The first-order valence-electron chi connectivity index (χ1n) is 6.48. The van der Waals surface area contributed by atoms with Gasteiger partial charge in [0.2, 0.25) is 0 Å². The summed E-state index contributed by atoms with van der Waals surface area (Å²) >= 11 is 4.78. The van der Waals surface area contributed by atoms with E-state index < -0.39 is 0 Å². The number of nitrogens with zero attached hydrogens (tertiary/aromatic N) is 2. The van der Waals surface area contributed by atoms with E-state index in [1.54, 1.807) is 0 Å². The molecular formula is C16H15BrN2S. The van der Waals surface area contributed by atoms with Gasteiger partial charge in [-0.25, -0.2) is 0 Å². The van der Waals surface area contributed by atoms with Crippen molar-refractivity contribution in [2.45, 2.75) is 26.2 Å². The van der Waals surface area contributed by atoms with Crippen molar-refractivity contribution < 1.29 is 0 Å². The number of fused-ring (bicyclic) bond motifs is 1. The van der Waals surface area contributed by atoms with E-state index in [2.05, 4.69) is 75.8 Å². The van der Waals surface area contributed by atoms with Crippen LogP contribution < -0.4 is 0 Å². The van der Waals surface area contributed by atoms with Gasteiger partial charge in [-0.15, -0.1) is 0 Å². The van der Waals surface area contributed by atoms with Crippen molar-refractivity contribution in [1.82, 2.24) is 8.75 Å². The molecule has 0 fully saturated rings. The maximum absolute atomic E-state index is 4.43. The third kappa shape index (κ3) is 2.38. The molecule has 0 aliphatic heterocycles. The van der Waals surface area contributed by atoms with Crippen LogP contribution in [-0.4, -0.2) is 8.75 Å². The van der Waals surface area contributed by atoms with Crippen molar-refractivity contribution in [1.29, 1.82) is 0 Å². The Bertz CT molecular complexity index is 754. The van der Waals surface area contributed by atoms with Crippen molar-refractivity contribution in [2.75, 3.05) is 0 Å². The first-order chi connectivity index (χ1) is 9.47. The third-order valence-corrected chi connectivity index (χ3v) is 4.60. The molecule has 4 heteroatoms. The van der Waals surface area contributed by atoms with E-state index in [0.717, 1.165) is 21.1 Å². The van der Waals surface area contributed by atoms with Gasteiger partial charge in [-0.3, -0.25) is 0 Å². The molecule has 2 aromatic carbocycles. The van der Waals surface area contributed by atoms with E-state index >= 15 is 0 Å². The molecule has 1 heterocycles. The fourth-order valence-corrected chi connectivity index (χ4v) is 3.32. The Kier molecular flexibility index (Phi) is 3.38. The van der Waals surface area contributed by atoms with Gasteiger partial charge >= 0.3 is 0 Å². The van der Waals surface area contributed by atoms with Crippen molar-refractivity contribution in [3.63, 3.8) is 0 Å². The first-order valence-corrected chi connectivity index (χ1v) is 8.01. The summed E-state index contributed by atoms with van der Waals surface area (Å²) in [6.45, 7) is 6.68. The van der Waals surface area contributed by atoms with Crippen molar-refractivity contribution in [3.8, 4) is 11.1 Å². The minimum Gasteiger partial charge on any atom is -0.172 e. The number of hydrogen-bond acceptors (Lipinski definition) is 3. The first kappa shape index (κ1) is 13.7. The second kappa shape index (κ2) is 4.93. The Labute approximate surface area is 131 Å². The van der Waals surface area contributed by atoms with Crippen LogP contribution in [0.1, 0.15) is 26.3 Å². The minimum atomic E-state index is 0.176. The SMILES string of the molecule is CC(C)(C)c1ccc(-c2ccc(Br)c3nsnc23)cc1. The summed E-state index contributed by atoms with van der Waals surface area (Å²) in [6, 6.07) is 12.9. The average Bonchev–Trinajstić information content (AvgIpc) is 2.88. The van der Waals surface area contributed by atoms with E-state index in [9.17, 15) is 0 Å². The Morgan fingerprint density at radius 2 is 1.55 bits per heavy atom. The Hall–Kier alpha value is -1.26. The maximum Gasteiger partial charge on any atom is 0.119 e. The molecule has 0 saturated carbocycles. The number of halogens is 1. The summed E-state index contributed by atoms with van der Waals surface area (Å²) in [7, 11) is 0. The van der Waals surface area contributed by atoms with Crippen LogP contribution in [0.4, 0.5) is 0 Å². The fraction of sp³-hybridized carbons (Fsp3) is 0.250. The monoisotopic (exact) mass is 346 g/mol. The van der Waals surface area contributed by atoms with Gasteiger partial charge in [0.25, 0.3) is 0 Å². The lowest BCUT2D eigenvalue weighted by Crippen LogP contribution is -2.10. The molecular weight excluding hydrogens is 332 g/mol. The zero-order valence-electron chi connectivity index (χ0n) is 11.6. The normalized spacial score (nSPS) is 12.0. The van der Waals surface area contributed by atoms with Crippen LogP contribution in [0.15, 0.2) is 40.9 Å². The molecule has 0 bridgehead atoms. The summed E-state index contributed by atoms with van der Waals surface area (Å²) < 4.78 is 9.77. The smallest absolute Gasteiger partial charge is 0.119 e. The Morgan fingerprint density at radius 3 is 2.20 bits per heavy atom. The van der Waals surface area contributed by atoms with Crippen LogP contribution >= 0.6 is 27.7 Å². The molecule has 0 unspecified atom stereocenters. The second-order valence-corrected chi connectivity index (χ2v) is 7.27. The molecule has 0 N–H and O–H groups in total. The lowest BCUT2D eigenvalue weighted by Gasteiger charge is -2.19. The topological polar surface area (TPSA) is 25.8 Å². The molecule has 0 spiro atoms. The molecule has 2 nitrogen and oxygen atoms in total. The Balaban J connectivity index is 2.12. The molecule has 0 radical (unpaired) electrons. The lowest BCUT2D eigenvalue weighted by atomic mass is 9.86. The van der Waals surface area contributed by atoms with E-state index in [-0.39, 0.29) is 5.41 Å². The number of benzene rings is 2. The average molecular weight is 347 g/mol. The minimum absolute atomic E-state index is 0.176. The van der Waals surface area contributed by atoms with Crippen LogP contribution in [0, 0.1) is 0 Å². The van der Waals surface area contributed by atoms with Crippen LogP contribution in [-0.2, 0) is 5.41 Å². The largest absolute Gasteiger partial charge is 0.172 e. The molecule has 0 aliphatic carbocycles. The number of rotatable bonds is 1. The van der Waals surface area contributed by atoms with Crippen LogP contribution in [0.3, 0.4) is 0 Å². The Morgan fingerprint density at radius 1 is 0.900 bits per heavy atom. The predicted octanol–water partition coefficient (Wildman–Crippen LogP) is 5.42. The van der Waals surface area contributed by atoms with E-state index in [1.165, 1.54) is 22.9 Å². The van der Waals surface area contributed by atoms with Gasteiger partial charge in [0.1, 0.15) is 11.0 Å². The molecule has 3 aromatic rings. The highest BCUT2D eigenvalue weighted by Gasteiger charge is 2.14. The molecule has 3 rings (SSSR count). The van der Waals surface area contributed by atoms with Crippen molar-refractivity contribution in [3.05, 3.63) is 46.4 Å². The van der Waals surface area contributed by atoms with Gasteiger partial charge in [0.15, 0.2) is 0 Å². The summed E-state index contributed by atoms with van der Waals surface area (Å²) in [5, 5.41) is 0. The zero-order valence-corrected chi connectivity index (χ0v) is 14.0. The highest BCUT2D eigenvalue weighted by Crippen LogP contribution is 2.33. The fourth-order valence-electron chi connectivity index (χ4n) is 2.22. The van der Waals surface area contributed by atoms with E-state index in [0.29, 0.717) is 0 Å². The van der Waals surface area contributed by atoms with E-state index in [1.807, 2.05) is 6.07 Å². The maximum atomic E-state index is 4.43. The van der Waals surface area contributed by atoms with Crippen LogP contribution in [0.25, 0.3) is 22.2 Å². The number of hydrogen-bond donors (Lipinski definition) is 0. The van der Waals surface area contributed by atoms with Gasteiger partial charge in [-0.1, -0.05) is 51.1 Å². The lowest BCUT2D eigenvalue weighted by molar-refractivity contribution is 0.590. The summed E-state index contributed by atoms with van der Waals surface area (Å²) in [5.41, 5.74) is 5.74. The summed E-state index contributed by atoms with van der Waals surface area (Å²) in [5.74, 6) is 0. The molecule has 102 valence electrons. The van der Waals surface area contributed by atoms with Gasteiger partial charge in [-0.05, 0) is 38.5 Å². The van der Waals surface area contributed by atoms with Gasteiger partial charge in [0, 0.05) is 10.0 Å². The van der Waals surface area contributed by atoms with Crippen LogP contribution in [0.2, 0.25) is 0 Å². The molecule has 20 heavy (non-hydrogen) atoms. The quantitative estimate of drug-likeness (QED) is 0.587. The third-order valence-electron chi connectivity index (χ3n) is 3.43. The second-order valence-electron chi connectivity index (χ2n) is 5.88. The highest BCUT2D eigenvalue weighted by molar-refractivity contribution is 9.10. The van der Waals surface area contributed by atoms with Gasteiger partial charge in [-0.2, -0.15) is 8.75 Å².